The third kappa shape index (κ3) is 4.18. The summed E-state index contributed by atoms with van der Waals surface area (Å²) < 4.78 is 25.2. The van der Waals surface area contributed by atoms with Gasteiger partial charge in [-0.1, -0.05) is 34.1 Å². The first-order valence-corrected chi connectivity index (χ1v) is 6.71. The number of hydrogen-bond donors (Lipinski definition) is 1. The first-order valence-electron chi connectivity index (χ1n) is 6.71. The van der Waals surface area contributed by atoms with Crippen LogP contribution in [0.4, 0.5) is 8.78 Å². The summed E-state index contributed by atoms with van der Waals surface area (Å²) in [6.07, 6.45) is -1.14. The summed E-state index contributed by atoms with van der Waals surface area (Å²) in [4.78, 5) is 1.97. The number of nitrogens with one attached hydrogen (secondary N) is 1. The van der Waals surface area contributed by atoms with Crippen LogP contribution in [0.15, 0.2) is 0 Å². The van der Waals surface area contributed by atoms with Gasteiger partial charge in [0.05, 0.1) is 6.54 Å². The number of rotatable bonds is 5. The van der Waals surface area contributed by atoms with Crippen molar-refractivity contribution in [2.75, 3.05) is 19.6 Å². The lowest BCUT2D eigenvalue weighted by molar-refractivity contribution is 0.0212. The Bertz CT molecular complexity index is 221. The van der Waals surface area contributed by atoms with Crippen molar-refractivity contribution >= 4 is 0 Å². The van der Waals surface area contributed by atoms with Crippen molar-refractivity contribution in [2.45, 2.75) is 52.6 Å². The molecule has 1 rings (SSSR count). The molecule has 1 saturated heterocycles. The Labute approximate surface area is 104 Å². The second kappa shape index (κ2) is 6.64. The van der Waals surface area contributed by atoms with Gasteiger partial charge < -0.3 is 5.32 Å². The minimum Gasteiger partial charge on any atom is -0.311 e. The van der Waals surface area contributed by atoms with Gasteiger partial charge in [0.1, 0.15) is 0 Å². The molecule has 1 aliphatic heterocycles. The summed E-state index contributed by atoms with van der Waals surface area (Å²) in [6.45, 7) is 10.0. The molecule has 0 radical (unpaired) electrons. The average Bonchev–Trinajstić information content (AvgIpc) is 2.26. The van der Waals surface area contributed by atoms with Gasteiger partial charge in [0, 0.05) is 25.2 Å². The molecule has 1 heterocycles. The third-order valence-corrected chi connectivity index (χ3v) is 3.96. The minimum atomic E-state index is -2.23. The third-order valence-electron chi connectivity index (χ3n) is 3.96. The quantitative estimate of drug-likeness (QED) is 0.804. The maximum absolute atomic E-state index is 12.6. The Morgan fingerprint density at radius 2 is 1.94 bits per heavy atom. The zero-order chi connectivity index (χ0) is 13.0. The molecular formula is C13H26F2N2. The zero-order valence-corrected chi connectivity index (χ0v) is 11.4. The van der Waals surface area contributed by atoms with Crippen LogP contribution in [0.2, 0.25) is 0 Å². The summed E-state index contributed by atoms with van der Waals surface area (Å²) in [6, 6.07) is 0.595. The van der Waals surface area contributed by atoms with Gasteiger partial charge in [0.25, 0.3) is 6.43 Å². The fourth-order valence-electron chi connectivity index (χ4n) is 2.56. The van der Waals surface area contributed by atoms with Crippen LogP contribution in [0.1, 0.15) is 34.1 Å². The lowest BCUT2D eigenvalue weighted by Gasteiger charge is -2.44. The van der Waals surface area contributed by atoms with Crippen molar-refractivity contribution in [1.82, 2.24) is 10.2 Å². The van der Waals surface area contributed by atoms with Gasteiger partial charge in [0.2, 0.25) is 0 Å². The van der Waals surface area contributed by atoms with E-state index in [4.69, 9.17) is 0 Å². The highest BCUT2D eigenvalue weighted by molar-refractivity contribution is 4.89. The summed E-state index contributed by atoms with van der Waals surface area (Å²) in [5.74, 6) is 0.961. The molecule has 1 fully saturated rings. The second-order valence-corrected chi connectivity index (χ2v) is 5.56. The second-order valence-electron chi connectivity index (χ2n) is 5.56. The standard InChI is InChI=1S/C13H26F2N2/c1-5-10(4)11-7-17(8-13(14)15)12(6-16-11)9(2)3/h9-13,16H,5-8H2,1-4H3. The smallest absolute Gasteiger partial charge is 0.251 e. The molecule has 0 bridgehead atoms. The van der Waals surface area contributed by atoms with Gasteiger partial charge in [-0.15, -0.1) is 0 Å². The molecule has 0 saturated carbocycles. The molecule has 0 aliphatic carbocycles. The SMILES string of the molecule is CCC(C)C1CN(CC(F)F)C(C(C)C)CN1. The van der Waals surface area contributed by atoms with Gasteiger partial charge in [-0.05, 0) is 11.8 Å². The van der Waals surface area contributed by atoms with Crippen LogP contribution < -0.4 is 5.32 Å². The van der Waals surface area contributed by atoms with E-state index in [1.165, 1.54) is 0 Å². The van der Waals surface area contributed by atoms with E-state index in [0.717, 1.165) is 19.5 Å². The fraction of sp³-hybridized carbons (Fsp3) is 1.00. The van der Waals surface area contributed by atoms with E-state index in [0.29, 0.717) is 17.9 Å². The van der Waals surface area contributed by atoms with Crippen LogP contribution in [-0.4, -0.2) is 43.0 Å². The predicted molar refractivity (Wildman–Crippen MR) is 67.4 cm³/mol. The summed E-state index contributed by atoms with van der Waals surface area (Å²) in [5.41, 5.74) is 0. The predicted octanol–water partition coefficient (Wildman–Crippen LogP) is 2.60. The largest absolute Gasteiger partial charge is 0.311 e. The van der Waals surface area contributed by atoms with Gasteiger partial charge in [-0.2, -0.15) is 0 Å². The highest BCUT2D eigenvalue weighted by atomic mass is 19.3. The molecule has 3 atom stereocenters. The van der Waals surface area contributed by atoms with E-state index in [1.807, 2.05) is 4.90 Å². The van der Waals surface area contributed by atoms with Crippen molar-refractivity contribution in [3.05, 3.63) is 0 Å². The van der Waals surface area contributed by atoms with Gasteiger partial charge in [-0.3, -0.25) is 4.90 Å². The topological polar surface area (TPSA) is 15.3 Å². The van der Waals surface area contributed by atoms with Crippen LogP contribution in [0.25, 0.3) is 0 Å². The van der Waals surface area contributed by atoms with Crippen molar-refractivity contribution in [3.63, 3.8) is 0 Å². The molecular weight excluding hydrogens is 222 g/mol. The normalized spacial score (nSPS) is 28.9. The maximum Gasteiger partial charge on any atom is 0.251 e. The number of hydrogen-bond acceptors (Lipinski definition) is 2. The van der Waals surface area contributed by atoms with Gasteiger partial charge >= 0.3 is 0 Å². The van der Waals surface area contributed by atoms with E-state index in [2.05, 4.69) is 33.0 Å². The first-order chi connectivity index (χ1) is 7.95. The van der Waals surface area contributed by atoms with Crippen molar-refractivity contribution in [2.24, 2.45) is 11.8 Å². The first kappa shape index (κ1) is 14.8. The highest BCUT2D eigenvalue weighted by Gasteiger charge is 2.32. The van der Waals surface area contributed by atoms with E-state index < -0.39 is 6.43 Å². The number of alkyl halides is 2. The average molecular weight is 248 g/mol. The lowest BCUT2D eigenvalue weighted by atomic mass is 9.92. The molecule has 4 heteroatoms. The number of nitrogens with zero attached hydrogens (tertiary/aromatic N) is 1. The monoisotopic (exact) mass is 248 g/mol. The molecule has 1 aliphatic rings. The van der Waals surface area contributed by atoms with Crippen molar-refractivity contribution in [3.8, 4) is 0 Å². The summed E-state index contributed by atoms with van der Waals surface area (Å²) >= 11 is 0. The van der Waals surface area contributed by atoms with E-state index in [9.17, 15) is 8.78 Å². The molecule has 1 N–H and O–H groups in total. The zero-order valence-electron chi connectivity index (χ0n) is 11.4. The van der Waals surface area contributed by atoms with Crippen molar-refractivity contribution < 1.29 is 8.78 Å². The van der Waals surface area contributed by atoms with Gasteiger partial charge in [-0.25, -0.2) is 8.78 Å². The summed E-state index contributed by atoms with van der Waals surface area (Å²) in [7, 11) is 0. The highest BCUT2D eigenvalue weighted by Crippen LogP contribution is 2.20. The molecule has 102 valence electrons. The molecule has 0 aromatic rings. The molecule has 3 unspecified atom stereocenters. The fourth-order valence-corrected chi connectivity index (χ4v) is 2.56. The van der Waals surface area contributed by atoms with Crippen LogP contribution in [-0.2, 0) is 0 Å². The molecule has 0 spiro atoms. The summed E-state index contributed by atoms with van der Waals surface area (Å²) in [5, 5.41) is 3.52. The molecule has 0 aromatic heterocycles. The van der Waals surface area contributed by atoms with Crippen LogP contribution >= 0.6 is 0 Å². The Morgan fingerprint density at radius 1 is 1.29 bits per heavy atom. The van der Waals surface area contributed by atoms with Crippen LogP contribution in [0, 0.1) is 11.8 Å². The van der Waals surface area contributed by atoms with Crippen LogP contribution in [0.5, 0.6) is 0 Å². The Hall–Kier alpha value is -0.220. The molecule has 2 nitrogen and oxygen atoms in total. The molecule has 0 amide bonds. The minimum absolute atomic E-state index is 0.0859. The van der Waals surface area contributed by atoms with Crippen LogP contribution in [0.3, 0.4) is 0 Å². The Balaban J connectivity index is 2.62. The number of piperazine rings is 1. The molecule has 0 aromatic carbocycles. The number of halogens is 2. The maximum atomic E-state index is 12.6. The van der Waals surface area contributed by atoms with E-state index >= 15 is 0 Å². The van der Waals surface area contributed by atoms with E-state index in [1.54, 1.807) is 0 Å². The van der Waals surface area contributed by atoms with E-state index in [-0.39, 0.29) is 12.6 Å². The lowest BCUT2D eigenvalue weighted by Crippen LogP contribution is -2.60. The Kier molecular flexibility index (Phi) is 5.80. The van der Waals surface area contributed by atoms with Gasteiger partial charge in [0.15, 0.2) is 0 Å². The molecule has 17 heavy (non-hydrogen) atoms. The Morgan fingerprint density at radius 3 is 2.41 bits per heavy atom. The van der Waals surface area contributed by atoms with Crippen molar-refractivity contribution in [1.29, 1.82) is 0 Å².